The van der Waals surface area contributed by atoms with Crippen molar-refractivity contribution in [3.63, 3.8) is 0 Å². The summed E-state index contributed by atoms with van der Waals surface area (Å²) in [7, 11) is 0. The van der Waals surface area contributed by atoms with Crippen LogP contribution in [0.4, 0.5) is 0 Å². The fourth-order valence-corrected chi connectivity index (χ4v) is 2.67. The van der Waals surface area contributed by atoms with E-state index < -0.39 is 11.2 Å². The lowest BCUT2D eigenvalue weighted by molar-refractivity contribution is -0.136. The van der Waals surface area contributed by atoms with Crippen LogP contribution < -0.4 is 0 Å². The number of carbonyl (C=O) groups is 1. The highest BCUT2D eigenvalue weighted by atomic mass is 32.2. The fourth-order valence-electron chi connectivity index (χ4n) is 1.86. The standard InChI is InChI=1S/C16H16O2S/c1-11-5-3-4-6-15(11)13-7-9-14(10-8-13)19-12(2)16(17)18/h3-10,12H,1-2H3,(H,17,18). The molecule has 0 bridgehead atoms. The van der Waals surface area contributed by atoms with Crippen LogP contribution in [0, 0.1) is 6.92 Å². The predicted octanol–water partition coefficient (Wildman–Crippen LogP) is 4.23. The Labute approximate surface area is 117 Å². The molecule has 0 radical (unpaired) electrons. The fraction of sp³-hybridized carbons (Fsp3) is 0.188. The highest BCUT2D eigenvalue weighted by Crippen LogP contribution is 2.28. The molecule has 1 atom stereocenters. The summed E-state index contributed by atoms with van der Waals surface area (Å²) in [5.41, 5.74) is 3.61. The van der Waals surface area contributed by atoms with Gasteiger partial charge in [-0.15, -0.1) is 11.8 Å². The predicted molar refractivity (Wildman–Crippen MR) is 79.6 cm³/mol. The number of rotatable bonds is 4. The molecule has 0 saturated heterocycles. The van der Waals surface area contributed by atoms with E-state index in [1.165, 1.54) is 22.9 Å². The Kier molecular flexibility index (Phi) is 4.27. The van der Waals surface area contributed by atoms with Crippen molar-refractivity contribution < 1.29 is 9.90 Å². The number of aliphatic carboxylic acids is 1. The number of carboxylic acid groups (broad SMARTS) is 1. The number of hydrogen-bond donors (Lipinski definition) is 1. The molecule has 1 unspecified atom stereocenters. The summed E-state index contributed by atoms with van der Waals surface area (Å²) in [4.78, 5) is 11.8. The zero-order valence-corrected chi connectivity index (χ0v) is 11.8. The van der Waals surface area contributed by atoms with E-state index in [4.69, 9.17) is 5.11 Å². The molecule has 0 spiro atoms. The maximum absolute atomic E-state index is 10.8. The van der Waals surface area contributed by atoms with Crippen molar-refractivity contribution in [3.05, 3.63) is 54.1 Å². The topological polar surface area (TPSA) is 37.3 Å². The van der Waals surface area contributed by atoms with Crippen LogP contribution in [0.15, 0.2) is 53.4 Å². The Balaban J connectivity index is 2.19. The molecule has 98 valence electrons. The van der Waals surface area contributed by atoms with Crippen molar-refractivity contribution in [2.75, 3.05) is 0 Å². The molecule has 0 saturated carbocycles. The minimum atomic E-state index is -0.784. The van der Waals surface area contributed by atoms with E-state index in [0.717, 1.165) is 10.5 Å². The molecule has 0 aliphatic heterocycles. The highest BCUT2D eigenvalue weighted by molar-refractivity contribution is 8.00. The largest absolute Gasteiger partial charge is 0.480 e. The summed E-state index contributed by atoms with van der Waals surface area (Å²) in [6.07, 6.45) is 0. The summed E-state index contributed by atoms with van der Waals surface area (Å²) >= 11 is 1.36. The van der Waals surface area contributed by atoms with Gasteiger partial charge in [-0.2, -0.15) is 0 Å². The van der Waals surface area contributed by atoms with Crippen molar-refractivity contribution in [2.24, 2.45) is 0 Å². The van der Waals surface area contributed by atoms with Gasteiger partial charge in [0.2, 0.25) is 0 Å². The van der Waals surface area contributed by atoms with Gasteiger partial charge in [-0.3, -0.25) is 4.79 Å². The summed E-state index contributed by atoms with van der Waals surface area (Å²) in [6, 6.07) is 16.3. The van der Waals surface area contributed by atoms with Crippen LogP contribution in [0.1, 0.15) is 12.5 Å². The smallest absolute Gasteiger partial charge is 0.316 e. The van der Waals surface area contributed by atoms with Gasteiger partial charge in [0.15, 0.2) is 0 Å². The second-order valence-electron chi connectivity index (χ2n) is 4.44. The van der Waals surface area contributed by atoms with Crippen LogP contribution in [0.5, 0.6) is 0 Å². The molecule has 0 amide bonds. The second-order valence-corrected chi connectivity index (χ2v) is 5.85. The molecule has 19 heavy (non-hydrogen) atoms. The number of carboxylic acids is 1. The molecule has 2 rings (SSSR count). The molecule has 2 nitrogen and oxygen atoms in total. The summed E-state index contributed by atoms with van der Waals surface area (Å²) in [5.74, 6) is -0.784. The molecule has 0 aromatic heterocycles. The lowest BCUT2D eigenvalue weighted by Gasteiger charge is -2.08. The van der Waals surface area contributed by atoms with E-state index >= 15 is 0 Å². The monoisotopic (exact) mass is 272 g/mol. The van der Waals surface area contributed by atoms with Gasteiger partial charge in [0.1, 0.15) is 5.25 Å². The Morgan fingerprint density at radius 3 is 2.32 bits per heavy atom. The third-order valence-corrected chi connectivity index (χ3v) is 4.07. The van der Waals surface area contributed by atoms with Crippen LogP contribution >= 0.6 is 11.8 Å². The Morgan fingerprint density at radius 2 is 1.74 bits per heavy atom. The third kappa shape index (κ3) is 3.38. The van der Waals surface area contributed by atoms with Crippen LogP contribution in [0.25, 0.3) is 11.1 Å². The molecule has 0 fully saturated rings. The van der Waals surface area contributed by atoms with Gasteiger partial charge >= 0.3 is 5.97 Å². The van der Waals surface area contributed by atoms with Gasteiger partial charge in [-0.25, -0.2) is 0 Å². The van der Waals surface area contributed by atoms with E-state index in [-0.39, 0.29) is 0 Å². The maximum Gasteiger partial charge on any atom is 0.316 e. The lowest BCUT2D eigenvalue weighted by Crippen LogP contribution is -2.10. The average Bonchev–Trinajstić information content (AvgIpc) is 2.40. The van der Waals surface area contributed by atoms with E-state index in [0.29, 0.717) is 0 Å². The minimum absolute atomic E-state index is 0.427. The summed E-state index contributed by atoms with van der Waals surface area (Å²) in [5, 5.41) is 8.46. The van der Waals surface area contributed by atoms with E-state index in [1.807, 2.05) is 36.4 Å². The Bertz CT molecular complexity index is 576. The van der Waals surface area contributed by atoms with Gasteiger partial charge in [-0.1, -0.05) is 36.4 Å². The summed E-state index contributed by atoms with van der Waals surface area (Å²) < 4.78 is 0. The average molecular weight is 272 g/mol. The minimum Gasteiger partial charge on any atom is -0.480 e. The van der Waals surface area contributed by atoms with Crippen molar-refractivity contribution in [1.29, 1.82) is 0 Å². The molecular weight excluding hydrogens is 256 g/mol. The third-order valence-electron chi connectivity index (χ3n) is 2.97. The normalized spacial score (nSPS) is 12.1. The second kappa shape index (κ2) is 5.93. The molecule has 0 heterocycles. The molecule has 1 N–H and O–H groups in total. The molecule has 3 heteroatoms. The van der Waals surface area contributed by atoms with Gasteiger partial charge in [0.05, 0.1) is 0 Å². The van der Waals surface area contributed by atoms with Gasteiger partial charge in [-0.05, 0) is 42.7 Å². The molecule has 2 aromatic carbocycles. The van der Waals surface area contributed by atoms with Crippen molar-refractivity contribution in [3.8, 4) is 11.1 Å². The van der Waals surface area contributed by atoms with Crippen molar-refractivity contribution in [2.45, 2.75) is 24.0 Å². The SMILES string of the molecule is Cc1ccccc1-c1ccc(SC(C)C(=O)O)cc1. The van der Waals surface area contributed by atoms with Crippen LogP contribution in [0.3, 0.4) is 0 Å². The van der Waals surface area contributed by atoms with Gasteiger partial charge < -0.3 is 5.11 Å². The lowest BCUT2D eigenvalue weighted by atomic mass is 10.0. The molecule has 0 aliphatic rings. The summed E-state index contributed by atoms with van der Waals surface area (Å²) in [6.45, 7) is 3.78. The zero-order chi connectivity index (χ0) is 13.8. The molecule has 2 aromatic rings. The number of thioether (sulfide) groups is 1. The van der Waals surface area contributed by atoms with E-state index in [9.17, 15) is 4.79 Å². The van der Waals surface area contributed by atoms with Gasteiger partial charge in [0.25, 0.3) is 0 Å². The Morgan fingerprint density at radius 1 is 1.11 bits per heavy atom. The van der Waals surface area contributed by atoms with E-state index in [2.05, 4.69) is 19.1 Å². The number of aryl methyl sites for hydroxylation is 1. The van der Waals surface area contributed by atoms with Crippen LogP contribution in [0.2, 0.25) is 0 Å². The Hall–Kier alpha value is -1.74. The molecular formula is C16H16O2S. The maximum atomic E-state index is 10.8. The first kappa shape index (κ1) is 13.7. The van der Waals surface area contributed by atoms with Crippen molar-refractivity contribution in [1.82, 2.24) is 0 Å². The number of benzene rings is 2. The number of hydrogen-bond acceptors (Lipinski definition) is 2. The first-order chi connectivity index (χ1) is 9.08. The highest BCUT2D eigenvalue weighted by Gasteiger charge is 2.12. The first-order valence-corrected chi connectivity index (χ1v) is 7.01. The molecule has 0 aliphatic carbocycles. The first-order valence-electron chi connectivity index (χ1n) is 6.13. The van der Waals surface area contributed by atoms with Crippen LogP contribution in [-0.4, -0.2) is 16.3 Å². The quantitative estimate of drug-likeness (QED) is 0.846. The van der Waals surface area contributed by atoms with E-state index in [1.54, 1.807) is 6.92 Å². The van der Waals surface area contributed by atoms with Gasteiger partial charge in [0, 0.05) is 4.90 Å². The zero-order valence-electron chi connectivity index (χ0n) is 11.0. The van der Waals surface area contributed by atoms with Crippen molar-refractivity contribution >= 4 is 17.7 Å². The van der Waals surface area contributed by atoms with Crippen LogP contribution in [-0.2, 0) is 4.79 Å².